The summed E-state index contributed by atoms with van der Waals surface area (Å²) in [6, 6.07) is 26.9. The average Bonchev–Trinajstić information content (AvgIpc) is 3.33. The molecule has 6 aromatic rings. The fourth-order valence-electron chi connectivity index (χ4n) is 3.75. The van der Waals surface area contributed by atoms with E-state index >= 15 is 0 Å². The molecule has 2 aromatic heterocycles. The van der Waals surface area contributed by atoms with Crippen LogP contribution in [0.15, 0.2) is 98.2 Å². The molecule has 0 bridgehead atoms. The molecule has 2 N–H and O–H groups in total. The number of halogens is 1. The van der Waals surface area contributed by atoms with E-state index in [1.165, 1.54) is 0 Å². The quantitative estimate of drug-likeness (QED) is 0.314. The summed E-state index contributed by atoms with van der Waals surface area (Å²) in [7, 11) is -1.48. The van der Waals surface area contributed by atoms with Gasteiger partial charge in [0.25, 0.3) is 0 Å². The molecule has 6 heteroatoms. The maximum Gasteiger partial charge on any atom is 0.489 e. The summed E-state index contributed by atoms with van der Waals surface area (Å²) in [5.41, 5.74) is 3.77. The van der Waals surface area contributed by atoms with Crippen molar-refractivity contribution in [3.05, 3.63) is 89.4 Å². The van der Waals surface area contributed by atoms with Crippen LogP contribution in [0.5, 0.6) is 0 Å². The molecule has 0 aliphatic carbocycles. The lowest BCUT2D eigenvalue weighted by atomic mass is 9.77. The Kier molecular flexibility index (Phi) is 4.83. The Balaban J connectivity index is 0.000000130. The van der Waals surface area contributed by atoms with Crippen molar-refractivity contribution in [2.24, 2.45) is 0 Å². The van der Waals surface area contributed by atoms with Crippen LogP contribution >= 0.6 is 15.9 Å². The number of benzene rings is 4. The molecule has 4 nitrogen and oxygen atoms in total. The molecule has 2 heterocycles. The second-order valence-electron chi connectivity index (χ2n) is 6.90. The van der Waals surface area contributed by atoms with Gasteiger partial charge in [-0.3, -0.25) is 0 Å². The van der Waals surface area contributed by atoms with Crippen LogP contribution in [-0.4, -0.2) is 17.2 Å². The predicted molar refractivity (Wildman–Crippen MR) is 125 cm³/mol. The Bertz CT molecular complexity index is 1500. The van der Waals surface area contributed by atoms with Gasteiger partial charge in [-0.15, -0.1) is 0 Å². The zero-order valence-electron chi connectivity index (χ0n) is 15.7. The minimum atomic E-state index is -1.48. The number of furan rings is 2. The van der Waals surface area contributed by atoms with Gasteiger partial charge in [-0.2, -0.15) is 0 Å². The molecule has 6 rings (SSSR count). The zero-order valence-corrected chi connectivity index (χ0v) is 17.3. The Morgan fingerprint density at radius 3 is 1.70 bits per heavy atom. The van der Waals surface area contributed by atoms with Crippen LogP contribution in [0.1, 0.15) is 0 Å². The van der Waals surface area contributed by atoms with E-state index in [2.05, 4.69) is 22.0 Å². The van der Waals surface area contributed by atoms with E-state index in [1.807, 2.05) is 66.7 Å². The van der Waals surface area contributed by atoms with Gasteiger partial charge in [-0.1, -0.05) is 70.5 Å². The molecule has 30 heavy (non-hydrogen) atoms. The van der Waals surface area contributed by atoms with Gasteiger partial charge in [0.05, 0.1) is 0 Å². The van der Waals surface area contributed by atoms with E-state index in [9.17, 15) is 10.0 Å². The Morgan fingerprint density at radius 1 is 0.567 bits per heavy atom. The van der Waals surface area contributed by atoms with Crippen molar-refractivity contribution in [1.29, 1.82) is 0 Å². The van der Waals surface area contributed by atoms with Gasteiger partial charge in [0.2, 0.25) is 0 Å². The molecule has 0 aliphatic heterocycles. The Morgan fingerprint density at radius 2 is 1.07 bits per heavy atom. The molecule has 146 valence electrons. The van der Waals surface area contributed by atoms with Crippen molar-refractivity contribution >= 4 is 72.4 Å². The van der Waals surface area contributed by atoms with Crippen molar-refractivity contribution in [3.8, 4) is 0 Å². The Hall–Kier alpha value is -3.06. The monoisotopic (exact) mass is 458 g/mol. The molecule has 4 aromatic carbocycles. The summed E-state index contributed by atoms with van der Waals surface area (Å²) in [4.78, 5) is 0. The third-order valence-electron chi connectivity index (χ3n) is 5.06. The summed E-state index contributed by atoms with van der Waals surface area (Å²) in [6.07, 6.45) is 0. The van der Waals surface area contributed by atoms with Crippen LogP contribution in [0, 0.1) is 0 Å². The van der Waals surface area contributed by atoms with E-state index in [4.69, 9.17) is 8.83 Å². The fourth-order valence-corrected chi connectivity index (χ4v) is 4.31. The molecular weight excluding hydrogens is 443 g/mol. The number of hydrogen-bond acceptors (Lipinski definition) is 4. The highest BCUT2D eigenvalue weighted by Crippen LogP contribution is 2.33. The summed E-state index contributed by atoms with van der Waals surface area (Å²) in [6.45, 7) is 0. The van der Waals surface area contributed by atoms with E-state index in [0.29, 0.717) is 11.0 Å². The van der Waals surface area contributed by atoms with Crippen LogP contribution in [0.2, 0.25) is 0 Å². The standard InChI is InChI=1S/C12H9BO3.C12H7BrO/c14-13(15)9-5-3-7-11-12(9)8-4-1-2-6-10(8)16-11;13-9-5-3-7-11-12(9)8-4-1-2-6-10(8)14-11/h1-7,14-15H;1-7H. The largest absolute Gasteiger partial charge is 0.489 e. The number of hydrogen-bond donors (Lipinski definition) is 2. The van der Waals surface area contributed by atoms with Crippen LogP contribution in [0.3, 0.4) is 0 Å². The highest BCUT2D eigenvalue weighted by Gasteiger charge is 2.18. The predicted octanol–water partition coefficient (Wildman–Crippen LogP) is 5.61. The summed E-state index contributed by atoms with van der Waals surface area (Å²) in [5.74, 6) is 0. The van der Waals surface area contributed by atoms with Gasteiger partial charge in [-0.25, -0.2) is 0 Å². The number of para-hydroxylation sites is 2. The highest BCUT2D eigenvalue weighted by molar-refractivity contribution is 9.10. The zero-order chi connectivity index (χ0) is 20.7. The molecular formula is C24H16BBrO4. The van der Waals surface area contributed by atoms with E-state index < -0.39 is 7.12 Å². The molecule has 0 saturated heterocycles. The lowest BCUT2D eigenvalue weighted by molar-refractivity contribution is 0.426. The number of fused-ring (bicyclic) bond motifs is 6. The van der Waals surface area contributed by atoms with Crippen LogP contribution in [0.25, 0.3) is 43.9 Å². The van der Waals surface area contributed by atoms with Gasteiger partial charge in [0.1, 0.15) is 22.3 Å². The van der Waals surface area contributed by atoms with E-state index in [0.717, 1.165) is 42.8 Å². The highest BCUT2D eigenvalue weighted by atomic mass is 79.9. The summed E-state index contributed by atoms with van der Waals surface area (Å²) < 4.78 is 12.4. The first-order valence-corrected chi connectivity index (χ1v) is 10.2. The third-order valence-corrected chi connectivity index (χ3v) is 5.73. The SMILES string of the molecule is Brc1cccc2oc3ccccc3c12.OB(O)c1cccc2oc3ccccc3c12. The van der Waals surface area contributed by atoms with Crippen molar-refractivity contribution in [3.63, 3.8) is 0 Å². The van der Waals surface area contributed by atoms with Crippen molar-refractivity contribution in [2.45, 2.75) is 0 Å². The van der Waals surface area contributed by atoms with Crippen molar-refractivity contribution in [2.75, 3.05) is 0 Å². The minimum absolute atomic E-state index is 0.474. The van der Waals surface area contributed by atoms with Crippen LogP contribution < -0.4 is 5.46 Å². The molecule has 0 spiro atoms. The van der Waals surface area contributed by atoms with Crippen LogP contribution in [0.4, 0.5) is 0 Å². The fraction of sp³-hybridized carbons (Fsp3) is 0. The molecule has 0 atom stereocenters. The third kappa shape index (κ3) is 3.19. The van der Waals surface area contributed by atoms with Gasteiger partial charge in [0, 0.05) is 26.0 Å². The molecule has 0 aliphatic rings. The molecule has 0 radical (unpaired) electrons. The van der Waals surface area contributed by atoms with E-state index in [1.54, 1.807) is 12.1 Å². The topological polar surface area (TPSA) is 66.7 Å². The number of rotatable bonds is 1. The lowest BCUT2D eigenvalue weighted by Gasteiger charge is -2.00. The Labute approximate surface area is 180 Å². The molecule has 0 saturated carbocycles. The van der Waals surface area contributed by atoms with Gasteiger partial charge in [-0.05, 0) is 35.8 Å². The molecule has 0 unspecified atom stereocenters. The van der Waals surface area contributed by atoms with E-state index in [-0.39, 0.29) is 0 Å². The smallest absolute Gasteiger partial charge is 0.456 e. The second kappa shape index (κ2) is 7.65. The van der Waals surface area contributed by atoms with Gasteiger partial charge >= 0.3 is 7.12 Å². The maximum atomic E-state index is 9.31. The molecule has 0 amide bonds. The molecule has 0 fully saturated rings. The lowest BCUT2D eigenvalue weighted by Crippen LogP contribution is -2.30. The van der Waals surface area contributed by atoms with Gasteiger partial charge in [0.15, 0.2) is 0 Å². The first-order chi connectivity index (χ1) is 14.6. The maximum absolute atomic E-state index is 9.31. The first kappa shape index (κ1) is 18.9. The normalized spacial score (nSPS) is 11.2. The summed E-state index contributed by atoms with van der Waals surface area (Å²) in [5, 5.41) is 22.6. The van der Waals surface area contributed by atoms with Crippen LogP contribution in [-0.2, 0) is 0 Å². The van der Waals surface area contributed by atoms with Crippen molar-refractivity contribution in [1.82, 2.24) is 0 Å². The second-order valence-corrected chi connectivity index (χ2v) is 7.76. The van der Waals surface area contributed by atoms with Crippen molar-refractivity contribution < 1.29 is 18.9 Å². The first-order valence-electron chi connectivity index (χ1n) is 9.45. The van der Waals surface area contributed by atoms with Gasteiger partial charge < -0.3 is 18.9 Å². The summed E-state index contributed by atoms with van der Waals surface area (Å²) >= 11 is 3.54. The minimum Gasteiger partial charge on any atom is -0.456 e. The average molecular weight is 459 g/mol.